The molecule has 0 unspecified atom stereocenters. The lowest BCUT2D eigenvalue weighted by Gasteiger charge is -2.24. The molecule has 4 rings (SSSR count). The third kappa shape index (κ3) is 4.96. The number of nitrogens with zero attached hydrogens (tertiary/aromatic N) is 7. The second-order valence-corrected chi connectivity index (χ2v) is 8.57. The Morgan fingerprint density at radius 1 is 1.15 bits per heavy atom. The van der Waals surface area contributed by atoms with Gasteiger partial charge in [0.1, 0.15) is 6.33 Å². The quantitative estimate of drug-likeness (QED) is 0.418. The summed E-state index contributed by atoms with van der Waals surface area (Å²) in [5.74, 6) is -0.227. The summed E-state index contributed by atoms with van der Waals surface area (Å²) in [5.41, 5.74) is 1.76. The lowest BCUT2D eigenvalue weighted by atomic mass is 10.1. The van der Waals surface area contributed by atoms with Crippen LogP contribution in [0.2, 0.25) is 0 Å². The molecule has 1 fully saturated rings. The molecule has 2 aromatic carbocycles. The fourth-order valence-electron chi connectivity index (χ4n) is 3.65. The SMILES string of the molecule is Cn1cnnc1Sc1ccc(C(=O)N2CCCN(c3ccc(C#N)cc3)CC2)cc1[N+](=O)[O-]. The maximum absolute atomic E-state index is 13.2. The summed E-state index contributed by atoms with van der Waals surface area (Å²) >= 11 is 1.13. The number of anilines is 1. The van der Waals surface area contributed by atoms with E-state index < -0.39 is 4.92 Å². The zero-order valence-electron chi connectivity index (χ0n) is 17.9. The van der Waals surface area contributed by atoms with Gasteiger partial charge in [-0.2, -0.15) is 5.26 Å². The molecule has 1 saturated heterocycles. The summed E-state index contributed by atoms with van der Waals surface area (Å²) in [5, 5.41) is 28.9. The van der Waals surface area contributed by atoms with Gasteiger partial charge in [0.05, 0.1) is 21.5 Å². The van der Waals surface area contributed by atoms with Crippen molar-refractivity contribution in [2.75, 3.05) is 31.1 Å². The van der Waals surface area contributed by atoms with Crippen molar-refractivity contribution in [2.45, 2.75) is 16.5 Å². The Bertz CT molecular complexity index is 1220. The van der Waals surface area contributed by atoms with Crippen molar-refractivity contribution in [3.63, 3.8) is 0 Å². The molecule has 1 aliphatic heterocycles. The summed E-state index contributed by atoms with van der Waals surface area (Å²) in [6, 6.07) is 14.0. The van der Waals surface area contributed by atoms with Gasteiger partial charge in [-0.1, -0.05) is 0 Å². The number of amides is 1. The van der Waals surface area contributed by atoms with E-state index in [1.165, 1.54) is 12.4 Å². The molecule has 168 valence electrons. The molecule has 0 radical (unpaired) electrons. The Balaban J connectivity index is 1.49. The number of nitro benzene ring substituents is 1. The first kappa shape index (κ1) is 22.3. The van der Waals surface area contributed by atoms with Crippen molar-refractivity contribution in [1.82, 2.24) is 19.7 Å². The fraction of sp³-hybridized carbons (Fsp3) is 0.273. The Morgan fingerprint density at radius 3 is 2.61 bits per heavy atom. The second kappa shape index (κ2) is 9.70. The highest BCUT2D eigenvalue weighted by molar-refractivity contribution is 7.99. The molecule has 0 atom stereocenters. The van der Waals surface area contributed by atoms with Gasteiger partial charge in [-0.25, -0.2) is 0 Å². The third-order valence-electron chi connectivity index (χ3n) is 5.42. The molecular formula is C22H21N7O3S. The number of aromatic nitrogens is 3. The summed E-state index contributed by atoms with van der Waals surface area (Å²) in [4.78, 5) is 28.7. The maximum atomic E-state index is 13.2. The number of nitriles is 1. The van der Waals surface area contributed by atoms with Crippen molar-refractivity contribution in [3.8, 4) is 6.07 Å². The molecule has 1 aliphatic rings. The predicted octanol–water partition coefficient (Wildman–Crippen LogP) is 3.10. The van der Waals surface area contributed by atoms with Crippen LogP contribution in [0, 0.1) is 21.4 Å². The van der Waals surface area contributed by atoms with E-state index >= 15 is 0 Å². The van der Waals surface area contributed by atoms with Crippen LogP contribution in [0.4, 0.5) is 11.4 Å². The van der Waals surface area contributed by atoms with Gasteiger partial charge in [0.15, 0.2) is 5.16 Å². The summed E-state index contributed by atoms with van der Waals surface area (Å²) in [7, 11) is 1.76. The molecule has 1 amide bonds. The van der Waals surface area contributed by atoms with Gasteiger partial charge >= 0.3 is 0 Å². The Hall–Kier alpha value is -3.91. The van der Waals surface area contributed by atoms with Crippen LogP contribution in [0.1, 0.15) is 22.3 Å². The number of hydrogen-bond acceptors (Lipinski definition) is 8. The third-order valence-corrected chi connectivity index (χ3v) is 6.54. The molecule has 2 heterocycles. The minimum Gasteiger partial charge on any atom is -0.370 e. The molecule has 11 heteroatoms. The number of carbonyl (C=O) groups excluding carboxylic acids is 1. The van der Waals surface area contributed by atoms with E-state index in [0.717, 1.165) is 30.4 Å². The van der Waals surface area contributed by atoms with Crippen molar-refractivity contribution in [3.05, 3.63) is 70.0 Å². The minimum atomic E-state index is -0.482. The average molecular weight is 464 g/mol. The van der Waals surface area contributed by atoms with Gasteiger partial charge in [0.25, 0.3) is 11.6 Å². The summed E-state index contributed by atoms with van der Waals surface area (Å²) in [6.45, 7) is 2.49. The zero-order chi connectivity index (χ0) is 23.4. The van der Waals surface area contributed by atoms with Crippen LogP contribution in [0.15, 0.2) is 58.8 Å². The predicted molar refractivity (Wildman–Crippen MR) is 122 cm³/mol. The molecule has 10 nitrogen and oxygen atoms in total. The number of benzene rings is 2. The highest BCUT2D eigenvalue weighted by Crippen LogP contribution is 2.34. The molecule has 0 N–H and O–H groups in total. The molecule has 0 bridgehead atoms. The molecule has 0 spiro atoms. The van der Waals surface area contributed by atoms with Crippen LogP contribution >= 0.6 is 11.8 Å². The van der Waals surface area contributed by atoms with Crippen LogP contribution in [-0.4, -0.2) is 56.7 Å². The molecule has 1 aromatic heterocycles. The van der Waals surface area contributed by atoms with Crippen molar-refractivity contribution in [1.29, 1.82) is 5.26 Å². The van der Waals surface area contributed by atoms with Gasteiger partial charge < -0.3 is 14.4 Å². The summed E-state index contributed by atoms with van der Waals surface area (Å²) < 4.78 is 1.67. The number of carbonyl (C=O) groups is 1. The van der Waals surface area contributed by atoms with Gasteiger partial charge in [0.2, 0.25) is 0 Å². The van der Waals surface area contributed by atoms with E-state index in [1.54, 1.807) is 40.8 Å². The highest BCUT2D eigenvalue weighted by atomic mass is 32.2. The van der Waals surface area contributed by atoms with Crippen molar-refractivity contribution in [2.24, 2.45) is 7.05 Å². The van der Waals surface area contributed by atoms with E-state index in [1.807, 2.05) is 12.1 Å². The molecule has 0 saturated carbocycles. The monoisotopic (exact) mass is 463 g/mol. The van der Waals surface area contributed by atoms with Crippen LogP contribution in [0.3, 0.4) is 0 Å². The smallest absolute Gasteiger partial charge is 0.284 e. The van der Waals surface area contributed by atoms with E-state index in [-0.39, 0.29) is 17.2 Å². The fourth-order valence-corrected chi connectivity index (χ4v) is 4.50. The first-order valence-corrected chi connectivity index (χ1v) is 11.1. The first-order chi connectivity index (χ1) is 16.0. The second-order valence-electron chi connectivity index (χ2n) is 7.56. The van der Waals surface area contributed by atoms with Crippen LogP contribution in [0.25, 0.3) is 0 Å². The summed E-state index contributed by atoms with van der Waals surface area (Å²) in [6.07, 6.45) is 2.29. The Labute approximate surface area is 194 Å². The van der Waals surface area contributed by atoms with Gasteiger partial charge in [0, 0.05) is 50.5 Å². The van der Waals surface area contributed by atoms with Gasteiger partial charge in [-0.05, 0) is 54.6 Å². The maximum Gasteiger partial charge on any atom is 0.284 e. The topological polar surface area (TPSA) is 121 Å². The number of nitro groups is 1. The van der Waals surface area contributed by atoms with Crippen LogP contribution in [0.5, 0.6) is 0 Å². The number of hydrogen-bond donors (Lipinski definition) is 0. The molecule has 33 heavy (non-hydrogen) atoms. The van der Waals surface area contributed by atoms with Crippen molar-refractivity contribution < 1.29 is 9.72 Å². The van der Waals surface area contributed by atoms with Crippen molar-refractivity contribution >= 4 is 29.0 Å². The molecule has 0 aliphatic carbocycles. The highest BCUT2D eigenvalue weighted by Gasteiger charge is 2.24. The zero-order valence-corrected chi connectivity index (χ0v) is 18.7. The number of rotatable bonds is 5. The normalized spacial score (nSPS) is 13.9. The van der Waals surface area contributed by atoms with Gasteiger partial charge in [-0.3, -0.25) is 14.9 Å². The van der Waals surface area contributed by atoms with Crippen LogP contribution in [-0.2, 0) is 7.05 Å². The average Bonchev–Trinajstić information content (AvgIpc) is 3.08. The Kier molecular flexibility index (Phi) is 6.55. The minimum absolute atomic E-state index is 0.136. The number of aryl methyl sites for hydroxylation is 1. The van der Waals surface area contributed by atoms with E-state index in [4.69, 9.17) is 5.26 Å². The molecule has 3 aromatic rings. The standard InChI is InChI=1S/C22H21N7O3S/c1-26-15-24-25-22(26)33-20-8-5-17(13-19(20)29(31)32)21(30)28-10-2-9-27(11-12-28)18-6-3-16(14-23)4-7-18/h3-8,13,15H,2,9-12H2,1H3. The van der Waals surface area contributed by atoms with Crippen LogP contribution < -0.4 is 4.90 Å². The van der Waals surface area contributed by atoms with Gasteiger partial charge in [-0.15, -0.1) is 10.2 Å². The molecular weight excluding hydrogens is 442 g/mol. The lowest BCUT2D eigenvalue weighted by Crippen LogP contribution is -2.35. The largest absolute Gasteiger partial charge is 0.370 e. The van der Waals surface area contributed by atoms with E-state index in [2.05, 4.69) is 21.2 Å². The van der Waals surface area contributed by atoms with E-state index in [0.29, 0.717) is 35.2 Å². The lowest BCUT2D eigenvalue weighted by molar-refractivity contribution is -0.387. The first-order valence-electron chi connectivity index (χ1n) is 10.3. The Morgan fingerprint density at radius 2 is 1.94 bits per heavy atom. The van der Waals surface area contributed by atoms with E-state index in [9.17, 15) is 14.9 Å².